The number of hydrogen-bond acceptors (Lipinski definition) is 4. The molecule has 0 saturated carbocycles. The standard InChI is InChI=1S/C12H12ClN3S/c1-8-15-11(14-2)7-12(16-8)17-10-5-3-4-9(13)6-10/h3-7H,1-2H3,(H,14,15,16). The molecule has 0 aliphatic carbocycles. The van der Waals surface area contributed by atoms with Gasteiger partial charge in [0.2, 0.25) is 0 Å². The van der Waals surface area contributed by atoms with Crippen LogP contribution >= 0.6 is 23.4 Å². The molecule has 0 atom stereocenters. The minimum Gasteiger partial charge on any atom is -0.373 e. The van der Waals surface area contributed by atoms with Gasteiger partial charge in [-0.3, -0.25) is 0 Å². The van der Waals surface area contributed by atoms with Gasteiger partial charge < -0.3 is 5.32 Å². The molecule has 0 unspecified atom stereocenters. The van der Waals surface area contributed by atoms with Crippen LogP contribution < -0.4 is 5.32 Å². The molecule has 3 nitrogen and oxygen atoms in total. The van der Waals surface area contributed by atoms with Crippen LogP contribution in [0.2, 0.25) is 5.02 Å². The maximum absolute atomic E-state index is 5.94. The van der Waals surface area contributed by atoms with E-state index in [1.165, 1.54) is 0 Å². The highest BCUT2D eigenvalue weighted by Gasteiger charge is 2.03. The van der Waals surface area contributed by atoms with Crippen molar-refractivity contribution in [2.24, 2.45) is 0 Å². The monoisotopic (exact) mass is 265 g/mol. The Hall–Kier alpha value is -1.26. The van der Waals surface area contributed by atoms with Crippen molar-refractivity contribution in [2.75, 3.05) is 12.4 Å². The van der Waals surface area contributed by atoms with E-state index in [-0.39, 0.29) is 0 Å². The summed E-state index contributed by atoms with van der Waals surface area (Å²) >= 11 is 7.51. The summed E-state index contributed by atoms with van der Waals surface area (Å²) in [6.45, 7) is 1.88. The first kappa shape index (κ1) is 12.2. The molecule has 17 heavy (non-hydrogen) atoms. The van der Waals surface area contributed by atoms with E-state index in [0.717, 1.165) is 26.6 Å². The molecule has 0 amide bonds. The highest BCUT2D eigenvalue weighted by atomic mass is 35.5. The van der Waals surface area contributed by atoms with Crippen LogP contribution in [-0.2, 0) is 0 Å². The SMILES string of the molecule is CNc1cc(Sc2cccc(Cl)c2)nc(C)n1. The van der Waals surface area contributed by atoms with Crippen molar-refractivity contribution in [3.8, 4) is 0 Å². The average molecular weight is 266 g/mol. The van der Waals surface area contributed by atoms with E-state index in [2.05, 4.69) is 15.3 Å². The van der Waals surface area contributed by atoms with Gasteiger partial charge in [0.25, 0.3) is 0 Å². The second kappa shape index (κ2) is 5.38. The fourth-order valence-corrected chi connectivity index (χ4v) is 2.55. The molecule has 0 aliphatic heterocycles. The van der Waals surface area contributed by atoms with Crippen LogP contribution in [0.3, 0.4) is 0 Å². The predicted molar refractivity (Wildman–Crippen MR) is 71.9 cm³/mol. The molecule has 2 aromatic rings. The van der Waals surface area contributed by atoms with Crippen LogP contribution in [0.4, 0.5) is 5.82 Å². The van der Waals surface area contributed by atoms with Crippen molar-refractivity contribution < 1.29 is 0 Å². The van der Waals surface area contributed by atoms with Crippen LogP contribution in [-0.4, -0.2) is 17.0 Å². The van der Waals surface area contributed by atoms with Gasteiger partial charge in [-0.2, -0.15) is 0 Å². The van der Waals surface area contributed by atoms with Crippen molar-refractivity contribution >= 4 is 29.2 Å². The molecule has 0 fully saturated rings. The van der Waals surface area contributed by atoms with Crippen molar-refractivity contribution in [1.29, 1.82) is 0 Å². The molecule has 1 N–H and O–H groups in total. The first-order chi connectivity index (χ1) is 8.17. The molecular formula is C12H12ClN3S. The average Bonchev–Trinajstić information content (AvgIpc) is 2.28. The second-order valence-corrected chi connectivity index (χ2v) is 4.98. The lowest BCUT2D eigenvalue weighted by atomic mass is 10.4. The Balaban J connectivity index is 2.26. The molecule has 1 aromatic carbocycles. The highest BCUT2D eigenvalue weighted by Crippen LogP contribution is 2.28. The van der Waals surface area contributed by atoms with Gasteiger partial charge in [-0.25, -0.2) is 9.97 Å². The summed E-state index contributed by atoms with van der Waals surface area (Å²) in [5.74, 6) is 1.57. The smallest absolute Gasteiger partial charge is 0.130 e. The summed E-state index contributed by atoms with van der Waals surface area (Å²) in [5, 5.41) is 4.65. The zero-order valence-corrected chi connectivity index (χ0v) is 11.1. The maximum atomic E-state index is 5.94. The van der Waals surface area contributed by atoms with Gasteiger partial charge in [0.05, 0.1) is 0 Å². The molecule has 0 aliphatic rings. The molecule has 0 saturated heterocycles. The minimum atomic E-state index is 0.731. The lowest BCUT2D eigenvalue weighted by Crippen LogP contribution is -1.97. The quantitative estimate of drug-likeness (QED) is 0.860. The highest BCUT2D eigenvalue weighted by molar-refractivity contribution is 7.99. The summed E-state index contributed by atoms with van der Waals surface area (Å²) in [7, 11) is 1.84. The van der Waals surface area contributed by atoms with Crippen molar-refractivity contribution in [1.82, 2.24) is 9.97 Å². The third kappa shape index (κ3) is 3.35. The number of nitrogens with one attached hydrogen (secondary N) is 1. The van der Waals surface area contributed by atoms with Gasteiger partial charge in [0.1, 0.15) is 16.7 Å². The van der Waals surface area contributed by atoms with Crippen molar-refractivity contribution in [3.05, 3.63) is 41.2 Å². The molecule has 5 heteroatoms. The van der Waals surface area contributed by atoms with Crippen molar-refractivity contribution in [3.63, 3.8) is 0 Å². The maximum Gasteiger partial charge on any atom is 0.130 e. The van der Waals surface area contributed by atoms with Crippen LogP contribution in [0.15, 0.2) is 40.3 Å². The topological polar surface area (TPSA) is 37.8 Å². The van der Waals surface area contributed by atoms with Crippen LogP contribution in [0.25, 0.3) is 0 Å². The summed E-state index contributed by atoms with van der Waals surface area (Å²) in [5.41, 5.74) is 0. The number of anilines is 1. The third-order valence-corrected chi connectivity index (χ3v) is 3.23. The van der Waals surface area contributed by atoms with E-state index >= 15 is 0 Å². The molecule has 0 radical (unpaired) electrons. The largest absolute Gasteiger partial charge is 0.373 e. The van der Waals surface area contributed by atoms with E-state index < -0.39 is 0 Å². The van der Waals surface area contributed by atoms with Crippen LogP contribution in [0, 0.1) is 6.92 Å². The summed E-state index contributed by atoms with van der Waals surface area (Å²) in [6, 6.07) is 9.63. The first-order valence-electron chi connectivity index (χ1n) is 5.14. The summed E-state index contributed by atoms with van der Waals surface area (Å²) in [4.78, 5) is 9.69. The van der Waals surface area contributed by atoms with Gasteiger partial charge in [-0.1, -0.05) is 29.4 Å². The second-order valence-electron chi connectivity index (χ2n) is 3.45. The normalized spacial score (nSPS) is 10.3. The van der Waals surface area contributed by atoms with Crippen LogP contribution in [0.5, 0.6) is 0 Å². The summed E-state index contributed by atoms with van der Waals surface area (Å²) < 4.78 is 0. The van der Waals surface area contributed by atoms with Gasteiger partial charge >= 0.3 is 0 Å². The molecule has 2 rings (SSSR count). The number of aromatic nitrogens is 2. The van der Waals surface area contributed by atoms with Gasteiger partial charge in [0, 0.05) is 23.0 Å². The minimum absolute atomic E-state index is 0.731. The Labute approximate surface area is 110 Å². The number of benzene rings is 1. The number of nitrogens with zero attached hydrogens (tertiary/aromatic N) is 2. The number of rotatable bonds is 3. The molecule has 1 heterocycles. The fraction of sp³-hybridized carbons (Fsp3) is 0.167. The first-order valence-corrected chi connectivity index (χ1v) is 6.33. The predicted octanol–water partition coefficient (Wildman–Crippen LogP) is 3.63. The zero-order valence-electron chi connectivity index (χ0n) is 9.57. The Morgan fingerprint density at radius 3 is 2.76 bits per heavy atom. The van der Waals surface area contributed by atoms with Gasteiger partial charge in [0.15, 0.2) is 0 Å². The van der Waals surface area contributed by atoms with E-state index in [1.807, 2.05) is 44.3 Å². The molecule has 0 bridgehead atoms. The third-order valence-electron chi connectivity index (χ3n) is 2.09. The molecule has 0 spiro atoms. The zero-order chi connectivity index (χ0) is 12.3. The van der Waals surface area contributed by atoms with Crippen molar-refractivity contribution in [2.45, 2.75) is 16.8 Å². The van der Waals surface area contributed by atoms with E-state index in [4.69, 9.17) is 11.6 Å². The lowest BCUT2D eigenvalue weighted by molar-refractivity contribution is 0.969. The lowest BCUT2D eigenvalue weighted by Gasteiger charge is -2.05. The van der Waals surface area contributed by atoms with E-state index in [0.29, 0.717) is 0 Å². The van der Waals surface area contributed by atoms with Crippen LogP contribution in [0.1, 0.15) is 5.82 Å². The number of aryl methyl sites for hydroxylation is 1. The Morgan fingerprint density at radius 1 is 1.24 bits per heavy atom. The summed E-state index contributed by atoms with van der Waals surface area (Å²) in [6.07, 6.45) is 0. The van der Waals surface area contributed by atoms with E-state index in [1.54, 1.807) is 11.8 Å². The molecular weight excluding hydrogens is 254 g/mol. The van der Waals surface area contributed by atoms with E-state index in [9.17, 15) is 0 Å². The Morgan fingerprint density at radius 2 is 2.06 bits per heavy atom. The Kier molecular flexibility index (Phi) is 3.86. The molecule has 88 valence electrons. The fourth-order valence-electron chi connectivity index (χ4n) is 1.37. The van der Waals surface area contributed by atoms with Gasteiger partial charge in [-0.15, -0.1) is 0 Å². The van der Waals surface area contributed by atoms with Gasteiger partial charge in [-0.05, 0) is 25.1 Å². The Bertz CT molecular complexity index is 531. The number of hydrogen-bond donors (Lipinski definition) is 1. The molecule has 1 aromatic heterocycles. The number of halogens is 1.